The zero-order valence-electron chi connectivity index (χ0n) is 14.2. The van der Waals surface area contributed by atoms with Gasteiger partial charge in [-0.2, -0.15) is 0 Å². The van der Waals surface area contributed by atoms with Crippen LogP contribution >= 0.6 is 12.4 Å². The molecule has 134 valence electrons. The summed E-state index contributed by atoms with van der Waals surface area (Å²) < 4.78 is 0. The van der Waals surface area contributed by atoms with E-state index in [-0.39, 0.29) is 37.2 Å². The van der Waals surface area contributed by atoms with Gasteiger partial charge in [0.25, 0.3) is 0 Å². The molecule has 0 radical (unpaired) electrons. The lowest BCUT2D eigenvalue weighted by molar-refractivity contribution is -0.123. The van der Waals surface area contributed by atoms with Gasteiger partial charge >= 0.3 is 0 Å². The number of halogens is 1. The Balaban J connectivity index is 0.00000312. The maximum Gasteiger partial charge on any atom is 0.243 e. The molecule has 0 saturated carbocycles. The fourth-order valence-corrected chi connectivity index (χ4v) is 2.27. The van der Waals surface area contributed by atoms with Crippen molar-refractivity contribution in [3.05, 3.63) is 65.7 Å². The highest BCUT2D eigenvalue weighted by Crippen LogP contribution is 2.14. The van der Waals surface area contributed by atoms with Crippen LogP contribution in [0.5, 0.6) is 0 Å². The van der Waals surface area contributed by atoms with Gasteiger partial charge in [-0.1, -0.05) is 55.5 Å². The van der Waals surface area contributed by atoms with Crippen LogP contribution < -0.4 is 16.0 Å². The lowest BCUT2D eigenvalue weighted by atomic mass is 10.1. The topological polar surface area (TPSA) is 70.2 Å². The van der Waals surface area contributed by atoms with Crippen molar-refractivity contribution in [3.8, 4) is 0 Å². The molecule has 0 aliphatic rings. The predicted octanol–water partition coefficient (Wildman–Crippen LogP) is 2.52. The Bertz CT molecular complexity index is 677. The summed E-state index contributed by atoms with van der Waals surface area (Å²) >= 11 is 0. The molecule has 2 amide bonds. The molecule has 0 spiro atoms. The fraction of sp³-hybridized carbons (Fsp3) is 0.263. The lowest BCUT2D eigenvalue weighted by Gasteiger charge is -2.12. The highest BCUT2D eigenvalue weighted by atomic mass is 35.5. The second kappa shape index (κ2) is 11.2. The molecular weight excluding hydrogens is 338 g/mol. The molecule has 0 aliphatic heterocycles. The molecule has 0 aliphatic carbocycles. The van der Waals surface area contributed by atoms with Crippen molar-refractivity contribution in [1.82, 2.24) is 10.6 Å². The number of anilines is 1. The van der Waals surface area contributed by atoms with E-state index in [4.69, 9.17) is 0 Å². The SMILES string of the molecule is CCNCc1ccccc1NC(=O)CNC(=O)Cc1ccccc1.Cl. The maximum atomic E-state index is 12.0. The second-order valence-electron chi connectivity index (χ2n) is 5.42. The van der Waals surface area contributed by atoms with Crippen molar-refractivity contribution in [1.29, 1.82) is 0 Å². The molecule has 3 N–H and O–H groups in total. The molecule has 0 heterocycles. The van der Waals surface area contributed by atoms with E-state index >= 15 is 0 Å². The monoisotopic (exact) mass is 361 g/mol. The summed E-state index contributed by atoms with van der Waals surface area (Å²) in [5.41, 5.74) is 2.70. The molecule has 5 nitrogen and oxygen atoms in total. The molecule has 0 aromatic heterocycles. The van der Waals surface area contributed by atoms with Crippen molar-refractivity contribution < 1.29 is 9.59 Å². The molecule has 0 atom stereocenters. The van der Waals surface area contributed by atoms with Crippen LogP contribution in [0.15, 0.2) is 54.6 Å². The lowest BCUT2D eigenvalue weighted by Crippen LogP contribution is -2.34. The minimum atomic E-state index is -0.236. The Kier molecular flexibility index (Phi) is 9.29. The van der Waals surface area contributed by atoms with E-state index in [0.29, 0.717) is 6.54 Å². The minimum absolute atomic E-state index is 0. The first-order valence-corrected chi connectivity index (χ1v) is 8.08. The Morgan fingerprint density at radius 3 is 2.32 bits per heavy atom. The van der Waals surface area contributed by atoms with Crippen molar-refractivity contribution in [3.63, 3.8) is 0 Å². The molecule has 0 saturated heterocycles. The zero-order chi connectivity index (χ0) is 17.2. The van der Waals surface area contributed by atoms with Gasteiger partial charge in [-0.05, 0) is 23.7 Å². The second-order valence-corrected chi connectivity index (χ2v) is 5.42. The molecule has 2 rings (SSSR count). The van der Waals surface area contributed by atoms with E-state index in [9.17, 15) is 9.59 Å². The Labute approximate surface area is 154 Å². The van der Waals surface area contributed by atoms with Crippen LogP contribution in [-0.2, 0) is 22.6 Å². The van der Waals surface area contributed by atoms with Crippen LogP contribution in [0.25, 0.3) is 0 Å². The third kappa shape index (κ3) is 7.37. The van der Waals surface area contributed by atoms with Gasteiger partial charge in [-0.25, -0.2) is 0 Å². The van der Waals surface area contributed by atoms with Gasteiger partial charge in [0.2, 0.25) is 11.8 Å². The highest BCUT2D eigenvalue weighted by Gasteiger charge is 2.08. The Morgan fingerprint density at radius 1 is 0.920 bits per heavy atom. The number of nitrogens with one attached hydrogen (secondary N) is 3. The summed E-state index contributed by atoms with van der Waals surface area (Å²) in [6.45, 7) is 3.54. The summed E-state index contributed by atoms with van der Waals surface area (Å²) in [5, 5.41) is 8.73. The Morgan fingerprint density at radius 2 is 1.60 bits per heavy atom. The smallest absolute Gasteiger partial charge is 0.243 e. The summed E-state index contributed by atoms with van der Waals surface area (Å²) in [5.74, 6) is -0.405. The third-order valence-electron chi connectivity index (χ3n) is 3.51. The number of amides is 2. The number of carbonyl (C=O) groups excluding carboxylic acids is 2. The van der Waals surface area contributed by atoms with Crippen LogP contribution in [0.2, 0.25) is 0 Å². The summed E-state index contributed by atoms with van der Waals surface area (Å²) in [6.07, 6.45) is 0.269. The van der Waals surface area contributed by atoms with Gasteiger partial charge in [0.05, 0.1) is 13.0 Å². The summed E-state index contributed by atoms with van der Waals surface area (Å²) in [6, 6.07) is 17.1. The van der Waals surface area contributed by atoms with Gasteiger partial charge in [-0.15, -0.1) is 12.4 Å². The van der Waals surface area contributed by atoms with Gasteiger partial charge in [0, 0.05) is 12.2 Å². The number of rotatable bonds is 8. The van der Waals surface area contributed by atoms with Crippen LogP contribution in [0.4, 0.5) is 5.69 Å². The van der Waals surface area contributed by atoms with E-state index in [2.05, 4.69) is 16.0 Å². The van der Waals surface area contributed by atoms with Gasteiger partial charge in [-0.3, -0.25) is 9.59 Å². The molecule has 0 bridgehead atoms. The number of hydrogen-bond donors (Lipinski definition) is 3. The first-order chi connectivity index (χ1) is 11.7. The van der Waals surface area contributed by atoms with Crippen LogP contribution in [0, 0.1) is 0 Å². The highest BCUT2D eigenvalue weighted by molar-refractivity contribution is 5.95. The predicted molar refractivity (Wildman–Crippen MR) is 103 cm³/mol. The van der Waals surface area contributed by atoms with Crippen LogP contribution in [0.1, 0.15) is 18.1 Å². The van der Waals surface area contributed by atoms with E-state index < -0.39 is 0 Å². The van der Waals surface area contributed by atoms with E-state index in [1.807, 2.05) is 61.5 Å². The van der Waals surface area contributed by atoms with Crippen molar-refractivity contribution in [2.24, 2.45) is 0 Å². The maximum absolute atomic E-state index is 12.0. The number of para-hydroxylation sites is 1. The summed E-state index contributed by atoms with van der Waals surface area (Å²) in [4.78, 5) is 23.9. The number of benzene rings is 2. The van der Waals surface area contributed by atoms with Crippen LogP contribution in [-0.4, -0.2) is 24.9 Å². The van der Waals surface area contributed by atoms with Gasteiger partial charge in [0.1, 0.15) is 0 Å². The number of carbonyl (C=O) groups is 2. The molecular formula is C19H24ClN3O2. The molecule has 0 unspecified atom stereocenters. The third-order valence-corrected chi connectivity index (χ3v) is 3.51. The van der Waals surface area contributed by atoms with Crippen molar-refractivity contribution in [2.75, 3.05) is 18.4 Å². The van der Waals surface area contributed by atoms with Gasteiger partial charge < -0.3 is 16.0 Å². The fourth-order valence-electron chi connectivity index (χ4n) is 2.27. The van der Waals surface area contributed by atoms with Crippen molar-refractivity contribution >= 4 is 29.9 Å². The first-order valence-electron chi connectivity index (χ1n) is 8.08. The van der Waals surface area contributed by atoms with Crippen LogP contribution in [0.3, 0.4) is 0 Å². The van der Waals surface area contributed by atoms with E-state index in [0.717, 1.165) is 23.4 Å². The normalized spacial score (nSPS) is 9.80. The standard InChI is InChI=1S/C19H23N3O2.ClH/c1-2-20-13-16-10-6-7-11-17(16)22-19(24)14-21-18(23)12-15-8-4-3-5-9-15;/h3-11,20H,2,12-14H2,1H3,(H,21,23)(H,22,24);1H. The average molecular weight is 362 g/mol. The molecule has 6 heteroatoms. The quantitative estimate of drug-likeness (QED) is 0.676. The molecule has 25 heavy (non-hydrogen) atoms. The van der Waals surface area contributed by atoms with Gasteiger partial charge in [0.15, 0.2) is 0 Å². The largest absolute Gasteiger partial charge is 0.347 e. The van der Waals surface area contributed by atoms with E-state index in [1.165, 1.54) is 0 Å². The zero-order valence-corrected chi connectivity index (χ0v) is 15.1. The summed E-state index contributed by atoms with van der Waals surface area (Å²) in [7, 11) is 0. The Hall–Kier alpha value is -2.37. The minimum Gasteiger partial charge on any atom is -0.347 e. The average Bonchev–Trinajstić information content (AvgIpc) is 2.60. The first kappa shape index (κ1) is 20.7. The number of hydrogen-bond acceptors (Lipinski definition) is 3. The van der Waals surface area contributed by atoms with E-state index in [1.54, 1.807) is 0 Å². The molecule has 2 aromatic carbocycles. The van der Waals surface area contributed by atoms with Crippen molar-refractivity contribution in [2.45, 2.75) is 19.9 Å². The molecule has 2 aromatic rings. The molecule has 0 fully saturated rings.